The Hall–Kier alpha value is -2.41. The molecule has 0 bridgehead atoms. The van der Waals surface area contributed by atoms with E-state index in [1.807, 2.05) is 24.3 Å². The third-order valence-corrected chi connectivity index (χ3v) is 3.14. The molecule has 19 heavy (non-hydrogen) atoms. The number of nitrogens with zero attached hydrogens (tertiary/aromatic N) is 3. The summed E-state index contributed by atoms with van der Waals surface area (Å²) in [5, 5.41) is 8.38. The quantitative estimate of drug-likeness (QED) is 0.558. The molecule has 2 aromatic heterocycles. The van der Waals surface area contributed by atoms with Crippen molar-refractivity contribution in [3.63, 3.8) is 0 Å². The van der Waals surface area contributed by atoms with Gasteiger partial charge in [0, 0.05) is 0 Å². The van der Waals surface area contributed by atoms with Gasteiger partial charge in [-0.1, -0.05) is 12.1 Å². The molecule has 0 unspecified atom stereocenters. The van der Waals surface area contributed by atoms with E-state index in [0.717, 1.165) is 11.1 Å². The van der Waals surface area contributed by atoms with Crippen LogP contribution in [0.25, 0.3) is 11.1 Å². The number of oxazole rings is 1. The number of nitrogens with two attached hydrogens (primary N) is 1. The Labute approximate surface area is 112 Å². The second-order valence-corrected chi connectivity index (χ2v) is 4.67. The smallest absolute Gasteiger partial charge is 0.263 e. The van der Waals surface area contributed by atoms with Crippen molar-refractivity contribution in [2.24, 2.45) is 5.73 Å². The van der Waals surface area contributed by atoms with Gasteiger partial charge < -0.3 is 10.2 Å². The number of hydrogen-bond acceptors (Lipinski definition) is 6. The zero-order chi connectivity index (χ0) is 13.2. The predicted octanol–water partition coefficient (Wildman–Crippen LogP) is 2.05. The largest absolute Gasteiger partial charge is 0.431 e. The van der Waals surface area contributed by atoms with Crippen molar-refractivity contribution in [1.82, 2.24) is 15.0 Å². The number of benzene rings is 1. The predicted molar refractivity (Wildman–Crippen MR) is 71.2 cm³/mol. The molecular weight excluding hydrogens is 262 g/mol. The van der Waals surface area contributed by atoms with Gasteiger partial charge in [-0.25, -0.2) is 15.0 Å². The van der Waals surface area contributed by atoms with E-state index in [-0.39, 0.29) is 5.84 Å². The van der Waals surface area contributed by atoms with Gasteiger partial charge in [-0.15, -0.1) is 0 Å². The molecule has 0 saturated carbocycles. The van der Waals surface area contributed by atoms with Gasteiger partial charge in [0.2, 0.25) is 0 Å². The Morgan fingerprint density at radius 2 is 2.05 bits per heavy atom. The van der Waals surface area contributed by atoms with E-state index in [0.29, 0.717) is 15.9 Å². The highest BCUT2D eigenvalue weighted by atomic mass is 32.2. The minimum atomic E-state index is -0.106. The number of rotatable bonds is 3. The summed E-state index contributed by atoms with van der Waals surface area (Å²) in [7, 11) is 0. The standard InChI is InChI=1S/C12H9N5OS/c13-11(14)8-5-16-10(6-15-8)19-12-17-7-3-1-2-4-9(7)18-12/h1-6H,(H3,13,14). The molecule has 0 amide bonds. The molecule has 6 nitrogen and oxygen atoms in total. The number of fused-ring (bicyclic) bond motifs is 1. The summed E-state index contributed by atoms with van der Waals surface area (Å²) in [5.74, 6) is -0.106. The highest BCUT2D eigenvalue weighted by Gasteiger charge is 2.08. The van der Waals surface area contributed by atoms with Gasteiger partial charge in [0.1, 0.15) is 22.1 Å². The van der Waals surface area contributed by atoms with Gasteiger partial charge in [-0.2, -0.15) is 0 Å². The van der Waals surface area contributed by atoms with E-state index in [2.05, 4.69) is 15.0 Å². The summed E-state index contributed by atoms with van der Waals surface area (Å²) in [5.41, 5.74) is 7.20. The Morgan fingerprint density at radius 1 is 1.21 bits per heavy atom. The summed E-state index contributed by atoms with van der Waals surface area (Å²) in [4.78, 5) is 12.5. The molecule has 3 N–H and O–H groups in total. The number of nitrogen functional groups attached to an aromatic ring is 1. The zero-order valence-electron chi connectivity index (χ0n) is 9.70. The molecule has 0 fully saturated rings. The van der Waals surface area contributed by atoms with Crippen molar-refractivity contribution in [3.05, 3.63) is 42.4 Å². The maximum absolute atomic E-state index is 7.24. The molecule has 2 heterocycles. The molecule has 0 aliphatic carbocycles. The van der Waals surface area contributed by atoms with Crippen LogP contribution < -0.4 is 5.73 Å². The molecule has 7 heteroatoms. The molecule has 1 aromatic carbocycles. The normalized spacial score (nSPS) is 10.7. The van der Waals surface area contributed by atoms with Crippen molar-refractivity contribution in [3.8, 4) is 0 Å². The first-order valence-corrected chi connectivity index (χ1v) is 6.24. The average molecular weight is 271 g/mol. The van der Waals surface area contributed by atoms with Crippen LogP contribution >= 0.6 is 11.8 Å². The van der Waals surface area contributed by atoms with E-state index in [1.54, 1.807) is 0 Å². The fourth-order valence-corrected chi connectivity index (χ4v) is 2.16. The lowest BCUT2D eigenvalue weighted by Gasteiger charge is -1.98. The second kappa shape index (κ2) is 4.69. The van der Waals surface area contributed by atoms with Crippen LogP contribution in [0.3, 0.4) is 0 Å². The van der Waals surface area contributed by atoms with Crippen LogP contribution in [0.2, 0.25) is 0 Å². The number of nitrogens with one attached hydrogen (secondary N) is 1. The van der Waals surface area contributed by atoms with Crippen LogP contribution in [0.4, 0.5) is 0 Å². The molecule has 0 aliphatic rings. The maximum Gasteiger partial charge on any atom is 0.263 e. The molecule has 3 rings (SSSR count). The average Bonchev–Trinajstić information content (AvgIpc) is 2.81. The third-order valence-electron chi connectivity index (χ3n) is 2.37. The second-order valence-electron chi connectivity index (χ2n) is 3.70. The summed E-state index contributed by atoms with van der Waals surface area (Å²) >= 11 is 1.27. The molecule has 94 valence electrons. The van der Waals surface area contributed by atoms with E-state index < -0.39 is 0 Å². The monoisotopic (exact) mass is 271 g/mol. The van der Waals surface area contributed by atoms with E-state index in [9.17, 15) is 0 Å². The number of amidine groups is 1. The van der Waals surface area contributed by atoms with Gasteiger partial charge >= 0.3 is 0 Å². The lowest BCUT2D eigenvalue weighted by Crippen LogP contribution is -2.13. The van der Waals surface area contributed by atoms with Crippen LogP contribution in [0, 0.1) is 5.41 Å². The lowest BCUT2D eigenvalue weighted by molar-refractivity contribution is 0.489. The van der Waals surface area contributed by atoms with Crippen LogP contribution in [-0.4, -0.2) is 20.8 Å². The summed E-state index contributed by atoms with van der Waals surface area (Å²) in [6.45, 7) is 0. The van der Waals surface area contributed by atoms with Crippen molar-refractivity contribution in [2.45, 2.75) is 10.2 Å². The van der Waals surface area contributed by atoms with Gasteiger partial charge in [-0.05, 0) is 23.9 Å². The highest BCUT2D eigenvalue weighted by molar-refractivity contribution is 7.99. The van der Waals surface area contributed by atoms with Crippen molar-refractivity contribution < 1.29 is 4.42 Å². The number of para-hydroxylation sites is 2. The van der Waals surface area contributed by atoms with E-state index in [1.165, 1.54) is 24.2 Å². The molecule has 0 saturated heterocycles. The molecule has 0 radical (unpaired) electrons. The minimum Gasteiger partial charge on any atom is -0.431 e. The van der Waals surface area contributed by atoms with Crippen molar-refractivity contribution >= 4 is 28.7 Å². The Morgan fingerprint density at radius 3 is 2.74 bits per heavy atom. The Kier molecular flexibility index (Phi) is 2.88. The van der Waals surface area contributed by atoms with E-state index in [4.69, 9.17) is 15.6 Å². The van der Waals surface area contributed by atoms with E-state index >= 15 is 0 Å². The molecule has 3 aromatic rings. The minimum absolute atomic E-state index is 0.106. The fraction of sp³-hybridized carbons (Fsp3) is 0. The van der Waals surface area contributed by atoms with Gasteiger partial charge in [-0.3, -0.25) is 5.41 Å². The highest BCUT2D eigenvalue weighted by Crippen LogP contribution is 2.27. The van der Waals surface area contributed by atoms with Gasteiger partial charge in [0.05, 0.1) is 12.4 Å². The summed E-state index contributed by atoms with van der Waals surface area (Å²) < 4.78 is 5.57. The SMILES string of the molecule is N=C(N)c1cnc(Sc2nc3ccccc3o2)cn1. The van der Waals surface area contributed by atoms with Crippen molar-refractivity contribution in [2.75, 3.05) is 0 Å². The number of aromatic nitrogens is 3. The fourth-order valence-electron chi connectivity index (χ4n) is 1.49. The Bertz CT molecular complexity index is 704. The molecule has 0 atom stereocenters. The van der Waals surface area contributed by atoms with Gasteiger partial charge in [0.25, 0.3) is 5.22 Å². The van der Waals surface area contributed by atoms with Crippen molar-refractivity contribution in [1.29, 1.82) is 5.41 Å². The molecule has 0 spiro atoms. The third kappa shape index (κ3) is 2.41. The first kappa shape index (κ1) is 11.7. The molecular formula is C12H9N5OS. The summed E-state index contributed by atoms with van der Waals surface area (Å²) in [6.07, 6.45) is 2.99. The first-order chi connectivity index (χ1) is 9.22. The van der Waals surface area contributed by atoms with Gasteiger partial charge in [0.15, 0.2) is 5.58 Å². The topological polar surface area (TPSA) is 102 Å². The van der Waals surface area contributed by atoms with Crippen LogP contribution in [-0.2, 0) is 0 Å². The van der Waals surface area contributed by atoms with Crippen LogP contribution in [0.1, 0.15) is 5.69 Å². The van der Waals surface area contributed by atoms with Crippen LogP contribution in [0.15, 0.2) is 51.3 Å². The lowest BCUT2D eigenvalue weighted by atomic mass is 10.3. The van der Waals surface area contributed by atoms with Crippen LogP contribution in [0.5, 0.6) is 0 Å². The Balaban J connectivity index is 1.86. The maximum atomic E-state index is 7.24. The first-order valence-electron chi connectivity index (χ1n) is 5.42. The molecule has 0 aliphatic heterocycles. The number of hydrogen-bond donors (Lipinski definition) is 2. The zero-order valence-corrected chi connectivity index (χ0v) is 10.5. The summed E-state index contributed by atoms with van der Waals surface area (Å²) in [6, 6.07) is 7.54.